The van der Waals surface area contributed by atoms with Gasteiger partial charge in [0.15, 0.2) is 0 Å². The van der Waals surface area contributed by atoms with E-state index in [2.05, 4.69) is 29.6 Å². The van der Waals surface area contributed by atoms with Gasteiger partial charge in [-0.05, 0) is 47.7 Å². The summed E-state index contributed by atoms with van der Waals surface area (Å²) in [7, 11) is 1.62. The average molecular weight is 433 g/mol. The SMILES string of the molecule is CCc1nn2c(c1-c1cccc(OC)c1)NC(=O)C2CC(=O)Nc1ccc(C(C)C)cc1. The van der Waals surface area contributed by atoms with Crippen LogP contribution in [0.3, 0.4) is 0 Å². The second kappa shape index (κ2) is 8.86. The van der Waals surface area contributed by atoms with E-state index in [1.165, 1.54) is 5.56 Å². The quantitative estimate of drug-likeness (QED) is 0.563. The molecule has 0 fully saturated rings. The van der Waals surface area contributed by atoms with Gasteiger partial charge in [0.05, 0.1) is 19.2 Å². The van der Waals surface area contributed by atoms with Gasteiger partial charge in [0.2, 0.25) is 5.91 Å². The van der Waals surface area contributed by atoms with Crippen LogP contribution in [0, 0.1) is 0 Å². The number of nitrogens with one attached hydrogen (secondary N) is 2. The maximum Gasteiger partial charge on any atom is 0.251 e. The fourth-order valence-electron chi connectivity index (χ4n) is 3.99. The number of carbonyl (C=O) groups is 2. The van der Waals surface area contributed by atoms with Crippen LogP contribution in [0.2, 0.25) is 0 Å². The molecule has 2 amide bonds. The standard InChI is InChI=1S/C25H28N4O3/c1-5-20-23(17-7-6-8-19(13-17)32-4)24-27-25(31)21(29(24)28-20)14-22(30)26-18-11-9-16(10-12-18)15(2)3/h6-13,15,21H,5,14H2,1-4H3,(H,26,30)(H,27,31). The van der Waals surface area contributed by atoms with E-state index < -0.39 is 6.04 Å². The number of hydrogen-bond donors (Lipinski definition) is 2. The average Bonchev–Trinajstić information content (AvgIpc) is 3.29. The number of benzene rings is 2. The highest BCUT2D eigenvalue weighted by molar-refractivity contribution is 6.04. The zero-order valence-electron chi connectivity index (χ0n) is 18.8. The summed E-state index contributed by atoms with van der Waals surface area (Å²) in [4.78, 5) is 25.4. The number of carbonyl (C=O) groups excluding carboxylic acids is 2. The van der Waals surface area contributed by atoms with Crippen LogP contribution in [-0.2, 0) is 16.0 Å². The van der Waals surface area contributed by atoms with Crippen molar-refractivity contribution < 1.29 is 14.3 Å². The van der Waals surface area contributed by atoms with Gasteiger partial charge in [0, 0.05) is 11.3 Å². The van der Waals surface area contributed by atoms with E-state index >= 15 is 0 Å². The van der Waals surface area contributed by atoms with E-state index in [0.29, 0.717) is 23.8 Å². The third-order valence-electron chi connectivity index (χ3n) is 5.76. The molecule has 1 aliphatic rings. The van der Waals surface area contributed by atoms with Crippen molar-refractivity contribution in [2.24, 2.45) is 0 Å². The van der Waals surface area contributed by atoms with E-state index in [9.17, 15) is 9.59 Å². The summed E-state index contributed by atoms with van der Waals surface area (Å²) in [6.07, 6.45) is 0.705. The normalized spacial score (nSPS) is 14.9. The molecule has 1 aliphatic heterocycles. The first-order valence-electron chi connectivity index (χ1n) is 10.9. The molecule has 0 saturated heterocycles. The Bertz CT molecular complexity index is 1150. The van der Waals surface area contributed by atoms with E-state index in [0.717, 1.165) is 22.6 Å². The van der Waals surface area contributed by atoms with Gasteiger partial charge >= 0.3 is 0 Å². The van der Waals surface area contributed by atoms with Crippen molar-refractivity contribution in [1.29, 1.82) is 0 Å². The minimum atomic E-state index is -0.690. The Balaban J connectivity index is 1.57. The predicted octanol–water partition coefficient (Wildman–Crippen LogP) is 4.77. The second-order valence-corrected chi connectivity index (χ2v) is 8.23. The first-order valence-corrected chi connectivity index (χ1v) is 10.9. The van der Waals surface area contributed by atoms with Crippen LogP contribution >= 0.6 is 0 Å². The number of aromatic nitrogens is 2. The topological polar surface area (TPSA) is 85.2 Å². The van der Waals surface area contributed by atoms with Crippen molar-refractivity contribution in [2.75, 3.05) is 17.7 Å². The molecule has 32 heavy (non-hydrogen) atoms. The highest BCUT2D eigenvalue weighted by Gasteiger charge is 2.36. The number of methoxy groups -OCH3 is 1. The Morgan fingerprint density at radius 2 is 1.97 bits per heavy atom. The summed E-state index contributed by atoms with van der Waals surface area (Å²) in [5.74, 6) is 1.32. The zero-order chi connectivity index (χ0) is 22.8. The maximum absolute atomic E-state index is 12.7. The number of aryl methyl sites for hydroxylation is 1. The molecule has 2 aromatic carbocycles. The number of ether oxygens (including phenoxy) is 1. The molecule has 0 spiro atoms. The molecule has 0 saturated carbocycles. The fourth-order valence-corrected chi connectivity index (χ4v) is 3.99. The van der Waals surface area contributed by atoms with Crippen molar-refractivity contribution in [2.45, 2.75) is 45.6 Å². The van der Waals surface area contributed by atoms with Crippen LogP contribution in [0.1, 0.15) is 50.4 Å². The number of amides is 2. The number of nitrogens with zero attached hydrogens (tertiary/aromatic N) is 2. The van der Waals surface area contributed by atoms with Crippen LogP contribution in [-0.4, -0.2) is 28.7 Å². The van der Waals surface area contributed by atoms with Gasteiger partial charge in [-0.2, -0.15) is 5.10 Å². The van der Waals surface area contributed by atoms with Crippen molar-refractivity contribution in [3.8, 4) is 16.9 Å². The van der Waals surface area contributed by atoms with Gasteiger partial charge in [-0.15, -0.1) is 0 Å². The third kappa shape index (κ3) is 4.10. The Labute approximate surface area is 187 Å². The van der Waals surface area contributed by atoms with Crippen molar-refractivity contribution in [1.82, 2.24) is 9.78 Å². The molecule has 1 aromatic heterocycles. The lowest BCUT2D eigenvalue weighted by atomic mass is 10.0. The molecule has 7 nitrogen and oxygen atoms in total. The lowest BCUT2D eigenvalue weighted by Crippen LogP contribution is -2.24. The molecule has 2 heterocycles. The molecule has 0 aliphatic carbocycles. The van der Waals surface area contributed by atoms with Gasteiger partial charge in [-0.1, -0.05) is 45.0 Å². The summed E-state index contributed by atoms with van der Waals surface area (Å²) < 4.78 is 7.00. The molecule has 166 valence electrons. The summed E-state index contributed by atoms with van der Waals surface area (Å²) >= 11 is 0. The monoisotopic (exact) mass is 432 g/mol. The summed E-state index contributed by atoms with van der Waals surface area (Å²) in [5.41, 5.74) is 4.56. The van der Waals surface area contributed by atoms with Gasteiger partial charge in [0.25, 0.3) is 5.91 Å². The van der Waals surface area contributed by atoms with E-state index in [-0.39, 0.29) is 18.2 Å². The van der Waals surface area contributed by atoms with Crippen LogP contribution in [0.15, 0.2) is 48.5 Å². The molecular weight excluding hydrogens is 404 g/mol. The van der Waals surface area contributed by atoms with E-state index in [1.54, 1.807) is 11.8 Å². The summed E-state index contributed by atoms with van der Waals surface area (Å²) in [6, 6.07) is 14.8. The smallest absolute Gasteiger partial charge is 0.251 e. The van der Waals surface area contributed by atoms with Crippen LogP contribution in [0.5, 0.6) is 5.75 Å². The first kappa shape index (κ1) is 21.6. The lowest BCUT2D eigenvalue weighted by Gasteiger charge is -2.11. The first-order chi connectivity index (χ1) is 15.4. The molecule has 0 bridgehead atoms. The Morgan fingerprint density at radius 1 is 1.22 bits per heavy atom. The molecule has 3 aromatic rings. The number of fused-ring (bicyclic) bond motifs is 1. The lowest BCUT2D eigenvalue weighted by molar-refractivity contribution is -0.123. The third-order valence-corrected chi connectivity index (χ3v) is 5.76. The van der Waals surface area contributed by atoms with E-state index in [1.807, 2.05) is 55.5 Å². The molecule has 2 N–H and O–H groups in total. The molecular formula is C25H28N4O3. The van der Waals surface area contributed by atoms with Gasteiger partial charge in [-0.25, -0.2) is 4.68 Å². The Kier molecular flexibility index (Phi) is 5.99. The molecule has 0 radical (unpaired) electrons. The van der Waals surface area contributed by atoms with Gasteiger partial charge in [-0.3, -0.25) is 9.59 Å². The van der Waals surface area contributed by atoms with E-state index in [4.69, 9.17) is 4.74 Å². The van der Waals surface area contributed by atoms with Gasteiger partial charge in [0.1, 0.15) is 17.6 Å². The number of hydrogen-bond acceptors (Lipinski definition) is 4. The summed E-state index contributed by atoms with van der Waals surface area (Å²) in [5, 5.41) is 10.5. The van der Waals surface area contributed by atoms with Crippen LogP contribution < -0.4 is 15.4 Å². The molecule has 1 unspecified atom stereocenters. The van der Waals surface area contributed by atoms with Gasteiger partial charge < -0.3 is 15.4 Å². The minimum absolute atomic E-state index is 0.00709. The Morgan fingerprint density at radius 3 is 2.62 bits per heavy atom. The maximum atomic E-state index is 12.7. The predicted molar refractivity (Wildman–Crippen MR) is 125 cm³/mol. The zero-order valence-corrected chi connectivity index (χ0v) is 18.8. The minimum Gasteiger partial charge on any atom is -0.497 e. The largest absolute Gasteiger partial charge is 0.497 e. The Hall–Kier alpha value is -3.61. The second-order valence-electron chi connectivity index (χ2n) is 8.23. The van der Waals surface area contributed by atoms with Crippen molar-refractivity contribution in [3.63, 3.8) is 0 Å². The molecule has 7 heteroatoms. The molecule has 4 rings (SSSR count). The number of rotatable bonds is 7. The summed E-state index contributed by atoms with van der Waals surface area (Å²) in [6.45, 7) is 6.27. The highest BCUT2D eigenvalue weighted by atomic mass is 16.5. The number of anilines is 2. The van der Waals surface area contributed by atoms with Crippen molar-refractivity contribution >= 4 is 23.3 Å². The molecule has 1 atom stereocenters. The highest BCUT2D eigenvalue weighted by Crippen LogP contribution is 2.39. The van der Waals surface area contributed by atoms with Crippen LogP contribution in [0.4, 0.5) is 11.5 Å². The van der Waals surface area contributed by atoms with Crippen LogP contribution in [0.25, 0.3) is 11.1 Å². The fraction of sp³-hybridized carbons (Fsp3) is 0.320. The van der Waals surface area contributed by atoms with Crippen molar-refractivity contribution in [3.05, 3.63) is 59.8 Å².